The third-order valence-electron chi connectivity index (χ3n) is 2.72. The van der Waals surface area contributed by atoms with E-state index in [2.05, 4.69) is 11.8 Å². The van der Waals surface area contributed by atoms with Crippen LogP contribution in [0.2, 0.25) is 0 Å². The zero-order chi connectivity index (χ0) is 11.4. The summed E-state index contributed by atoms with van der Waals surface area (Å²) in [5.41, 5.74) is 0. The van der Waals surface area contributed by atoms with E-state index in [1.807, 2.05) is 0 Å². The van der Waals surface area contributed by atoms with Crippen molar-refractivity contribution in [1.82, 2.24) is 0 Å². The van der Waals surface area contributed by atoms with Crippen molar-refractivity contribution in [2.75, 3.05) is 26.4 Å². The molecule has 16 heavy (non-hydrogen) atoms. The molecule has 86 valence electrons. The zero-order valence-corrected chi connectivity index (χ0v) is 8.93. The average molecular weight is 222 g/mol. The molecule has 2 aliphatic heterocycles. The quantitative estimate of drug-likeness (QED) is 0.618. The van der Waals surface area contributed by atoms with Crippen LogP contribution in [0.1, 0.15) is 0 Å². The highest BCUT2D eigenvalue weighted by molar-refractivity contribution is 4.97. The maximum absolute atomic E-state index is 5.58. The Balaban J connectivity index is 1.86. The van der Waals surface area contributed by atoms with Crippen LogP contribution < -0.4 is 0 Å². The van der Waals surface area contributed by atoms with Gasteiger partial charge in [-0.15, -0.1) is 12.8 Å². The molecule has 0 N–H and O–H groups in total. The third kappa shape index (κ3) is 2.21. The fourth-order valence-electron chi connectivity index (χ4n) is 2.03. The van der Waals surface area contributed by atoms with Crippen molar-refractivity contribution in [1.29, 1.82) is 0 Å². The summed E-state index contributed by atoms with van der Waals surface area (Å²) in [5.74, 6) is 4.86. The molecule has 4 heteroatoms. The van der Waals surface area contributed by atoms with Gasteiger partial charge in [0.2, 0.25) is 0 Å². The average Bonchev–Trinajstić information content (AvgIpc) is 2.86. The van der Waals surface area contributed by atoms with Crippen LogP contribution in [0.5, 0.6) is 0 Å². The Kier molecular flexibility index (Phi) is 3.82. The Hall–Kier alpha value is -1.04. The van der Waals surface area contributed by atoms with Gasteiger partial charge in [0.15, 0.2) is 0 Å². The van der Waals surface area contributed by atoms with Crippen LogP contribution in [0.25, 0.3) is 0 Å². The van der Waals surface area contributed by atoms with Gasteiger partial charge in [0.1, 0.15) is 37.6 Å². The number of hydrogen-bond acceptors (Lipinski definition) is 4. The van der Waals surface area contributed by atoms with Crippen LogP contribution in [0.4, 0.5) is 0 Å². The van der Waals surface area contributed by atoms with E-state index in [-0.39, 0.29) is 37.6 Å². The van der Waals surface area contributed by atoms with Gasteiger partial charge in [-0.25, -0.2) is 0 Å². The van der Waals surface area contributed by atoms with Gasteiger partial charge in [-0.05, 0) is 0 Å². The first-order valence-corrected chi connectivity index (χ1v) is 5.20. The van der Waals surface area contributed by atoms with Gasteiger partial charge in [0.05, 0.1) is 13.2 Å². The Morgan fingerprint density at radius 1 is 0.938 bits per heavy atom. The lowest BCUT2D eigenvalue weighted by molar-refractivity contribution is -0.0385. The van der Waals surface area contributed by atoms with Crippen LogP contribution >= 0.6 is 0 Å². The summed E-state index contributed by atoms with van der Waals surface area (Å²) < 4.78 is 22.0. The lowest BCUT2D eigenvalue weighted by atomic mass is 10.1. The summed E-state index contributed by atoms with van der Waals surface area (Å²) in [6.45, 7) is 1.53. The predicted octanol–water partition coefficient (Wildman–Crippen LogP) is -0.179. The fourth-order valence-corrected chi connectivity index (χ4v) is 2.03. The monoisotopic (exact) mass is 222 g/mol. The summed E-state index contributed by atoms with van der Waals surface area (Å²) in [6.07, 6.45) is 9.90. The second-order valence-corrected chi connectivity index (χ2v) is 3.70. The molecule has 0 radical (unpaired) electrons. The normalized spacial score (nSPS) is 36.6. The second-order valence-electron chi connectivity index (χ2n) is 3.70. The summed E-state index contributed by atoms with van der Waals surface area (Å²) in [6, 6.07) is 0. The van der Waals surface area contributed by atoms with Crippen molar-refractivity contribution in [2.24, 2.45) is 0 Å². The van der Waals surface area contributed by atoms with E-state index in [4.69, 9.17) is 31.8 Å². The minimum Gasteiger partial charge on any atom is -0.370 e. The van der Waals surface area contributed by atoms with E-state index < -0.39 is 0 Å². The van der Waals surface area contributed by atoms with Crippen LogP contribution in [-0.2, 0) is 18.9 Å². The molecule has 2 rings (SSSR count). The van der Waals surface area contributed by atoms with Gasteiger partial charge < -0.3 is 18.9 Å². The maximum Gasteiger partial charge on any atom is 0.115 e. The van der Waals surface area contributed by atoms with E-state index in [0.717, 1.165) is 0 Å². The Morgan fingerprint density at radius 2 is 1.38 bits per heavy atom. The van der Waals surface area contributed by atoms with Crippen molar-refractivity contribution in [2.45, 2.75) is 24.4 Å². The van der Waals surface area contributed by atoms with Crippen molar-refractivity contribution in [3.05, 3.63) is 0 Å². The highest BCUT2D eigenvalue weighted by Crippen LogP contribution is 2.30. The first kappa shape index (κ1) is 11.4. The van der Waals surface area contributed by atoms with E-state index >= 15 is 0 Å². The lowest BCUT2D eigenvalue weighted by Crippen LogP contribution is -2.34. The van der Waals surface area contributed by atoms with E-state index in [0.29, 0.717) is 13.2 Å². The second kappa shape index (κ2) is 5.34. The highest BCUT2D eigenvalue weighted by Gasteiger charge is 2.48. The van der Waals surface area contributed by atoms with Gasteiger partial charge in [-0.1, -0.05) is 11.8 Å². The van der Waals surface area contributed by atoms with Crippen molar-refractivity contribution < 1.29 is 18.9 Å². The fraction of sp³-hybridized carbons (Fsp3) is 0.667. The topological polar surface area (TPSA) is 36.9 Å². The van der Waals surface area contributed by atoms with Gasteiger partial charge in [0, 0.05) is 0 Å². The number of fused-ring (bicyclic) bond motifs is 1. The van der Waals surface area contributed by atoms with Gasteiger partial charge in [0.25, 0.3) is 0 Å². The molecule has 0 saturated carbocycles. The van der Waals surface area contributed by atoms with E-state index in [1.54, 1.807) is 0 Å². The first-order chi connectivity index (χ1) is 7.86. The smallest absolute Gasteiger partial charge is 0.115 e. The summed E-state index contributed by atoms with van der Waals surface area (Å²) in [4.78, 5) is 0. The van der Waals surface area contributed by atoms with Gasteiger partial charge in [-0.3, -0.25) is 0 Å². The van der Waals surface area contributed by atoms with Crippen LogP contribution in [0.15, 0.2) is 0 Å². The molecule has 0 aromatic rings. The van der Waals surface area contributed by atoms with Gasteiger partial charge >= 0.3 is 0 Å². The molecule has 0 aromatic carbocycles. The molecule has 2 saturated heterocycles. The molecule has 0 aliphatic carbocycles. The molecular weight excluding hydrogens is 208 g/mol. The summed E-state index contributed by atoms with van der Waals surface area (Å²) in [5, 5.41) is 0. The Labute approximate surface area is 95.2 Å². The van der Waals surface area contributed by atoms with Crippen molar-refractivity contribution in [3.8, 4) is 24.7 Å². The minimum atomic E-state index is -0.0968. The molecule has 4 nitrogen and oxygen atoms in total. The third-order valence-corrected chi connectivity index (χ3v) is 2.72. The largest absolute Gasteiger partial charge is 0.370 e. The van der Waals surface area contributed by atoms with Crippen LogP contribution in [0.3, 0.4) is 0 Å². The molecular formula is C12H14O4. The molecule has 0 amide bonds. The Bertz CT molecular complexity index is 282. The summed E-state index contributed by atoms with van der Waals surface area (Å²) >= 11 is 0. The molecule has 0 bridgehead atoms. The van der Waals surface area contributed by atoms with E-state index in [9.17, 15) is 0 Å². The van der Waals surface area contributed by atoms with Crippen LogP contribution in [0, 0.1) is 24.7 Å². The van der Waals surface area contributed by atoms with Crippen LogP contribution in [-0.4, -0.2) is 50.8 Å². The number of hydrogen-bond donors (Lipinski definition) is 0. The minimum absolute atomic E-state index is 0.0869. The number of rotatable bonds is 4. The molecule has 0 spiro atoms. The number of ether oxygens (including phenoxy) is 4. The standard InChI is InChI=1S/C12H14O4/c1-3-5-13-9-7-15-12-10(14-6-4-2)8-16-11(9)12/h1-2,9-12H,5-8H2/t9-,10-,11+,12+/m0/s1. The van der Waals surface area contributed by atoms with Crippen molar-refractivity contribution >= 4 is 0 Å². The van der Waals surface area contributed by atoms with E-state index in [1.165, 1.54) is 0 Å². The zero-order valence-electron chi connectivity index (χ0n) is 8.93. The van der Waals surface area contributed by atoms with Crippen molar-refractivity contribution in [3.63, 3.8) is 0 Å². The molecule has 2 fully saturated rings. The molecule has 0 unspecified atom stereocenters. The first-order valence-electron chi connectivity index (χ1n) is 5.20. The molecule has 0 aromatic heterocycles. The number of terminal acetylenes is 2. The molecule has 2 heterocycles. The Morgan fingerprint density at radius 3 is 1.75 bits per heavy atom. The predicted molar refractivity (Wildman–Crippen MR) is 56.6 cm³/mol. The summed E-state index contributed by atoms with van der Waals surface area (Å²) in [7, 11) is 0. The molecule has 2 aliphatic rings. The van der Waals surface area contributed by atoms with Gasteiger partial charge in [-0.2, -0.15) is 0 Å². The highest BCUT2D eigenvalue weighted by atomic mass is 16.6. The maximum atomic E-state index is 5.58. The SMILES string of the molecule is C#CCO[C@H]1CO[C@H]2[C@@H]1OC[C@@H]2OCC#C. The lowest BCUT2D eigenvalue weighted by Gasteiger charge is -2.15. The molecule has 4 atom stereocenters.